The van der Waals surface area contributed by atoms with Gasteiger partial charge in [-0.1, -0.05) is 25.1 Å². The minimum atomic E-state index is 0. The largest absolute Gasteiger partial charge is 0.459 e. The zero-order valence-corrected chi connectivity index (χ0v) is 18.8. The van der Waals surface area contributed by atoms with Gasteiger partial charge in [-0.2, -0.15) is 0 Å². The van der Waals surface area contributed by atoms with E-state index in [1.54, 1.807) is 7.05 Å². The average Bonchev–Trinajstić information content (AvgIpc) is 2.99. The number of halogens is 1. The van der Waals surface area contributed by atoms with Crippen LogP contribution in [0.4, 0.5) is 0 Å². The van der Waals surface area contributed by atoms with Crippen molar-refractivity contribution in [2.45, 2.75) is 20.4 Å². The zero-order valence-electron chi connectivity index (χ0n) is 16.5. The fourth-order valence-electron chi connectivity index (χ4n) is 3.34. The number of benzene rings is 1. The number of para-hydroxylation sites is 1. The molecule has 1 aliphatic rings. The molecule has 1 saturated heterocycles. The second-order valence-corrected chi connectivity index (χ2v) is 6.97. The number of aliphatic imine (C=N–C) groups is 1. The number of aryl methyl sites for hydroxylation is 1. The van der Waals surface area contributed by atoms with Crippen LogP contribution in [0.25, 0.3) is 11.0 Å². The van der Waals surface area contributed by atoms with E-state index in [0.717, 1.165) is 56.7 Å². The van der Waals surface area contributed by atoms with Crippen LogP contribution >= 0.6 is 24.0 Å². The first kappa shape index (κ1) is 22.0. The molecule has 0 amide bonds. The van der Waals surface area contributed by atoms with E-state index in [1.807, 2.05) is 18.2 Å². The Balaban J connectivity index is 0.00000261. The molecular weight excluding hydrogens is 455 g/mol. The SMILES string of the molecule is CN=C(NCc1oc2ccccc2c1C)NCC(C)CN1CCOCC1.I. The van der Waals surface area contributed by atoms with Gasteiger partial charge in [-0.3, -0.25) is 9.89 Å². The molecule has 1 fully saturated rings. The van der Waals surface area contributed by atoms with Gasteiger partial charge in [0.25, 0.3) is 0 Å². The lowest BCUT2D eigenvalue weighted by atomic mass is 10.1. The number of furan rings is 1. The predicted molar refractivity (Wildman–Crippen MR) is 121 cm³/mol. The van der Waals surface area contributed by atoms with Crippen LogP contribution in [-0.4, -0.2) is 57.3 Å². The maximum absolute atomic E-state index is 5.96. The highest BCUT2D eigenvalue weighted by Gasteiger charge is 2.14. The summed E-state index contributed by atoms with van der Waals surface area (Å²) in [4.78, 5) is 6.79. The van der Waals surface area contributed by atoms with Gasteiger partial charge in [0.1, 0.15) is 11.3 Å². The maximum atomic E-state index is 5.96. The fourth-order valence-corrected chi connectivity index (χ4v) is 3.34. The summed E-state index contributed by atoms with van der Waals surface area (Å²) in [6, 6.07) is 8.14. The summed E-state index contributed by atoms with van der Waals surface area (Å²) in [7, 11) is 1.80. The van der Waals surface area contributed by atoms with E-state index in [1.165, 1.54) is 10.9 Å². The van der Waals surface area contributed by atoms with E-state index >= 15 is 0 Å². The third-order valence-electron chi connectivity index (χ3n) is 4.87. The number of morpholine rings is 1. The van der Waals surface area contributed by atoms with Gasteiger partial charge in [0, 0.05) is 44.2 Å². The van der Waals surface area contributed by atoms with Crippen LogP contribution in [0.2, 0.25) is 0 Å². The first-order chi connectivity index (χ1) is 12.7. The van der Waals surface area contributed by atoms with Crippen molar-refractivity contribution in [2.75, 3.05) is 46.4 Å². The molecule has 0 spiro atoms. The number of fused-ring (bicyclic) bond motifs is 1. The van der Waals surface area contributed by atoms with Crippen molar-refractivity contribution in [1.29, 1.82) is 0 Å². The summed E-state index contributed by atoms with van der Waals surface area (Å²) in [5.74, 6) is 2.30. The number of hydrogen-bond donors (Lipinski definition) is 2. The second kappa shape index (κ2) is 10.9. The molecule has 2 heterocycles. The van der Waals surface area contributed by atoms with Gasteiger partial charge < -0.3 is 19.8 Å². The molecule has 27 heavy (non-hydrogen) atoms. The molecule has 1 atom stereocenters. The van der Waals surface area contributed by atoms with Crippen molar-refractivity contribution < 1.29 is 9.15 Å². The molecule has 2 N–H and O–H groups in total. The molecule has 0 radical (unpaired) electrons. The quantitative estimate of drug-likeness (QED) is 0.374. The lowest BCUT2D eigenvalue weighted by molar-refractivity contribution is 0.0320. The summed E-state index contributed by atoms with van der Waals surface area (Å²) in [5, 5.41) is 7.95. The molecule has 6 nitrogen and oxygen atoms in total. The Morgan fingerprint density at radius 2 is 1.96 bits per heavy atom. The minimum absolute atomic E-state index is 0. The Morgan fingerprint density at radius 3 is 2.67 bits per heavy atom. The van der Waals surface area contributed by atoms with Gasteiger partial charge in [-0.25, -0.2) is 0 Å². The molecule has 7 heteroatoms. The number of guanidine groups is 1. The van der Waals surface area contributed by atoms with Crippen LogP contribution < -0.4 is 10.6 Å². The molecule has 1 unspecified atom stereocenters. The van der Waals surface area contributed by atoms with Crippen molar-refractivity contribution in [1.82, 2.24) is 15.5 Å². The van der Waals surface area contributed by atoms with Crippen molar-refractivity contribution in [3.63, 3.8) is 0 Å². The third kappa shape index (κ3) is 6.08. The highest BCUT2D eigenvalue weighted by molar-refractivity contribution is 14.0. The van der Waals surface area contributed by atoms with Gasteiger partial charge in [0.05, 0.1) is 19.8 Å². The first-order valence-electron chi connectivity index (χ1n) is 9.39. The van der Waals surface area contributed by atoms with Crippen molar-refractivity contribution in [2.24, 2.45) is 10.9 Å². The number of nitrogens with zero attached hydrogens (tertiary/aromatic N) is 2. The fraction of sp³-hybridized carbons (Fsp3) is 0.550. The molecular formula is C20H31IN4O2. The van der Waals surface area contributed by atoms with E-state index in [4.69, 9.17) is 9.15 Å². The normalized spacial score (nSPS) is 16.8. The Morgan fingerprint density at radius 1 is 1.22 bits per heavy atom. The lowest BCUT2D eigenvalue weighted by Crippen LogP contribution is -2.43. The third-order valence-corrected chi connectivity index (χ3v) is 4.87. The number of ether oxygens (including phenoxy) is 1. The summed E-state index contributed by atoms with van der Waals surface area (Å²) in [6.07, 6.45) is 0. The highest BCUT2D eigenvalue weighted by Crippen LogP contribution is 2.24. The summed E-state index contributed by atoms with van der Waals surface area (Å²) in [5.41, 5.74) is 2.12. The Bertz CT molecular complexity index is 741. The van der Waals surface area contributed by atoms with Crippen LogP contribution in [-0.2, 0) is 11.3 Å². The molecule has 1 aromatic carbocycles. The molecule has 0 bridgehead atoms. The van der Waals surface area contributed by atoms with E-state index in [2.05, 4.69) is 40.4 Å². The number of nitrogens with one attached hydrogen (secondary N) is 2. The Labute approximate surface area is 178 Å². The van der Waals surface area contributed by atoms with Gasteiger partial charge >= 0.3 is 0 Å². The monoisotopic (exact) mass is 486 g/mol. The highest BCUT2D eigenvalue weighted by atomic mass is 127. The van der Waals surface area contributed by atoms with Crippen LogP contribution in [0.15, 0.2) is 33.7 Å². The maximum Gasteiger partial charge on any atom is 0.191 e. The molecule has 0 saturated carbocycles. The average molecular weight is 486 g/mol. The van der Waals surface area contributed by atoms with E-state index in [9.17, 15) is 0 Å². The van der Waals surface area contributed by atoms with Crippen molar-refractivity contribution in [3.05, 3.63) is 35.6 Å². The molecule has 2 aromatic rings. The molecule has 1 aromatic heterocycles. The lowest BCUT2D eigenvalue weighted by Gasteiger charge is -2.29. The van der Waals surface area contributed by atoms with Crippen molar-refractivity contribution in [3.8, 4) is 0 Å². The van der Waals surface area contributed by atoms with E-state index in [-0.39, 0.29) is 24.0 Å². The topological polar surface area (TPSA) is 62.0 Å². The van der Waals surface area contributed by atoms with Crippen LogP contribution in [0.3, 0.4) is 0 Å². The van der Waals surface area contributed by atoms with Gasteiger partial charge in [-0.15, -0.1) is 24.0 Å². The summed E-state index contributed by atoms with van der Waals surface area (Å²) in [6.45, 7) is 10.7. The second-order valence-electron chi connectivity index (χ2n) is 6.97. The number of hydrogen-bond acceptors (Lipinski definition) is 4. The predicted octanol–water partition coefficient (Wildman–Crippen LogP) is 2.99. The van der Waals surface area contributed by atoms with Crippen LogP contribution in [0, 0.1) is 12.8 Å². The molecule has 3 rings (SSSR count). The Hall–Kier alpha value is -1.32. The summed E-state index contributed by atoms with van der Waals surface area (Å²) < 4.78 is 11.4. The van der Waals surface area contributed by atoms with E-state index in [0.29, 0.717) is 12.5 Å². The minimum Gasteiger partial charge on any atom is -0.459 e. The van der Waals surface area contributed by atoms with Gasteiger partial charge in [0.2, 0.25) is 0 Å². The molecule has 150 valence electrons. The standard InChI is InChI=1S/C20H30N4O2.HI/c1-15(14-24-8-10-25-11-9-24)12-22-20(21-3)23-13-19-16(2)17-6-4-5-7-18(17)26-19;/h4-7,15H,8-14H2,1-3H3,(H2,21,22,23);1H. The van der Waals surface area contributed by atoms with Crippen LogP contribution in [0.1, 0.15) is 18.2 Å². The number of rotatable bonds is 6. The van der Waals surface area contributed by atoms with Crippen LogP contribution in [0.5, 0.6) is 0 Å². The van der Waals surface area contributed by atoms with E-state index < -0.39 is 0 Å². The zero-order chi connectivity index (χ0) is 18.4. The smallest absolute Gasteiger partial charge is 0.191 e. The molecule has 0 aliphatic carbocycles. The van der Waals surface area contributed by atoms with Gasteiger partial charge in [0.15, 0.2) is 5.96 Å². The van der Waals surface area contributed by atoms with Gasteiger partial charge in [-0.05, 0) is 18.9 Å². The first-order valence-corrected chi connectivity index (χ1v) is 9.39. The molecule has 1 aliphatic heterocycles. The summed E-state index contributed by atoms with van der Waals surface area (Å²) >= 11 is 0. The van der Waals surface area contributed by atoms with Crippen molar-refractivity contribution >= 4 is 40.9 Å². The Kier molecular flexibility index (Phi) is 8.85.